The number of benzene rings is 2. The number of nitrogens with zero attached hydrogens (tertiary/aromatic N) is 1. The first-order valence-electron chi connectivity index (χ1n) is 7.29. The van der Waals surface area contributed by atoms with Crippen molar-refractivity contribution < 1.29 is 18.7 Å². The fourth-order valence-corrected chi connectivity index (χ4v) is 2.29. The van der Waals surface area contributed by atoms with Gasteiger partial charge in [-0.25, -0.2) is 4.39 Å². The Morgan fingerprint density at radius 3 is 2.50 bits per heavy atom. The summed E-state index contributed by atoms with van der Waals surface area (Å²) in [7, 11) is 0. The third-order valence-corrected chi connectivity index (χ3v) is 3.35. The first-order valence-corrected chi connectivity index (χ1v) is 7.29. The van der Waals surface area contributed by atoms with Gasteiger partial charge >= 0.3 is 0 Å². The number of fused-ring (bicyclic) bond motifs is 1. The average Bonchev–Trinajstić information content (AvgIpc) is 2.58. The van der Waals surface area contributed by atoms with E-state index in [4.69, 9.17) is 15.2 Å². The Bertz CT molecular complexity index is 866. The molecule has 0 aliphatic rings. The van der Waals surface area contributed by atoms with Crippen LogP contribution in [0.4, 0.5) is 4.39 Å². The largest absolute Gasteiger partial charge is 0.489 e. The molecule has 1 aromatic heterocycles. The van der Waals surface area contributed by atoms with Crippen molar-refractivity contribution in [2.75, 3.05) is 6.61 Å². The lowest BCUT2D eigenvalue weighted by Crippen LogP contribution is -2.19. The number of amides is 1. The van der Waals surface area contributed by atoms with Crippen LogP contribution >= 0.6 is 0 Å². The molecular formula is C18H15FN2O3. The summed E-state index contributed by atoms with van der Waals surface area (Å²) in [5.74, 6) is 0.235. The number of halogens is 1. The molecule has 0 radical (unpaired) electrons. The Kier molecular flexibility index (Phi) is 4.56. The van der Waals surface area contributed by atoms with E-state index in [9.17, 15) is 9.18 Å². The molecule has 0 aliphatic carbocycles. The number of carbonyl (C=O) groups is 1. The molecule has 0 saturated carbocycles. The van der Waals surface area contributed by atoms with Gasteiger partial charge in [0.15, 0.2) is 6.61 Å². The Hall–Kier alpha value is -3.15. The molecule has 0 saturated heterocycles. The smallest absolute Gasteiger partial charge is 0.255 e. The Labute approximate surface area is 137 Å². The van der Waals surface area contributed by atoms with Gasteiger partial charge in [0, 0.05) is 17.1 Å². The number of primary amides is 1. The van der Waals surface area contributed by atoms with Gasteiger partial charge < -0.3 is 15.2 Å². The molecule has 3 rings (SSSR count). The van der Waals surface area contributed by atoms with Crippen LogP contribution in [0.15, 0.2) is 54.7 Å². The summed E-state index contributed by atoms with van der Waals surface area (Å²) in [6, 6.07) is 13.2. The summed E-state index contributed by atoms with van der Waals surface area (Å²) in [5, 5.41) is 0.728. The topological polar surface area (TPSA) is 74.4 Å². The fourth-order valence-electron chi connectivity index (χ4n) is 2.29. The van der Waals surface area contributed by atoms with Gasteiger partial charge in [-0.05, 0) is 42.5 Å². The molecule has 1 heterocycles. The van der Waals surface area contributed by atoms with Crippen LogP contribution in [0.1, 0.15) is 5.56 Å². The molecule has 3 aromatic rings. The standard InChI is InChI=1S/C18H15FN2O3/c19-14-8-12-2-1-7-21-18(12)13(9-14)10-23-15-3-5-16(6-4-15)24-11-17(20)22/h1-9H,10-11H2,(H2,20,22). The van der Waals surface area contributed by atoms with Crippen molar-refractivity contribution in [1.29, 1.82) is 0 Å². The normalized spacial score (nSPS) is 10.5. The number of hydrogen-bond acceptors (Lipinski definition) is 4. The first-order chi connectivity index (χ1) is 11.6. The van der Waals surface area contributed by atoms with Crippen molar-refractivity contribution >= 4 is 16.8 Å². The van der Waals surface area contributed by atoms with Gasteiger partial charge in [0.1, 0.15) is 23.9 Å². The number of hydrogen-bond donors (Lipinski definition) is 1. The van der Waals surface area contributed by atoms with Crippen LogP contribution in [0, 0.1) is 5.82 Å². The number of carbonyl (C=O) groups excluding carboxylic acids is 1. The van der Waals surface area contributed by atoms with Crippen LogP contribution in [0.3, 0.4) is 0 Å². The maximum Gasteiger partial charge on any atom is 0.255 e. The molecule has 6 heteroatoms. The van der Waals surface area contributed by atoms with Crippen molar-refractivity contribution in [3.8, 4) is 11.5 Å². The van der Waals surface area contributed by atoms with E-state index in [-0.39, 0.29) is 19.0 Å². The maximum atomic E-state index is 13.7. The highest BCUT2D eigenvalue weighted by Gasteiger charge is 2.06. The van der Waals surface area contributed by atoms with Crippen LogP contribution in [-0.4, -0.2) is 17.5 Å². The highest BCUT2D eigenvalue weighted by atomic mass is 19.1. The first kappa shape index (κ1) is 15.7. The molecule has 1 amide bonds. The summed E-state index contributed by atoms with van der Waals surface area (Å²) in [5.41, 5.74) is 6.39. The van der Waals surface area contributed by atoms with Crippen molar-refractivity contribution in [1.82, 2.24) is 4.98 Å². The lowest BCUT2D eigenvalue weighted by molar-refractivity contribution is -0.119. The molecule has 122 valence electrons. The quantitative estimate of drug-likeness (QED) is 0.756. The van der Waals surface area contributed by atoms with Gasteiger partial charge in [-0.15, -0.1) is 0 Å². The van der Waals surface area contributed by atoms with Gasteiger partial charge in [-0.3, -0.25) is 9.78 Å². The second-order valence-electron chi connectivity index (χ2n) is 5.16. The van der Waals surface area contributed by atoms with Crippen LogP contribution in [-0.2, 0) is 11.4 Å². The molecule has 0 unspecified atom stereocenters. The third kappa shape index (κ3) is 3.78. The van der Waals surface area contributed by atoms with E-state index in [0.717, 1.165) is 5.39 Å². The highest BCUT2D eigenvalue weighted by molar-refractivity contribution is 5.81. The van der Waals surface area contributed by atoms with E-state index in [2.05, 4.69) is 4.98 Å². The maximum absolute atomic E-state index is 13.7. The molecule has 2 N–H and O–H groups in total. The second kappa shape index (κ2) is 6.95. The van der Waals surface area contributed by atoms with Crippen molar-refractivity contribution in [3.05, 3.63) is 66.1 Å². The van der Waals surface area contributed by atoms with Gasteiger partial charge in [0.2, 0.25) is 0 Å². The van der Waals surface area contributed by atoms with E-state index < -0.39 is 5.91 Å². The van der Waals surface area contributed by atoms with E-state index >= 15 is 0 Å². The molecular weight excluding hydrogens is 311 g/mol. The van der Waals surface area contributed by atoms with Crippen molar-refractivity contribution in [2.45, 2.75) is 6.61 Å². The van der Waals surface area contributed by atoms with E-state index in [0.29, 0.717) is 22.6 Å². The third-order valence-electron chi connectivity index (χ3n) is 3.35. The van der Waals surface area contributed by atoms with Gasteiger partial charge in [-0.2, -0.15) is 0 Å². The van der Waals surface area contributed by atoms with Crippen molar-refractivity contribution in [3.63, 3.8) is 0 Å². The minimum atomic E-state index is -0.541. The van der Waals surface area contributed by atoms with Crippen molar-refractivity contribution in [2.24, 2.45) is 5.73 Å². The fraction of sp³-hybridized carbons (Fsp3) is 0.111. The Morgan fingerprint density at radius 1 is 1.08 bits per heavy atom. The summed E-state index contributed by atoms with van der Waals surface area (Å²) in [6.07, 6.45) is 1.66. The summed E-state index contributed by atoms with van der Waals surface area (Å²) < 4.78 is 24.5. The second-order valence-corrected chi connectivity index (χ2v) is 5.16. The predicted octanol–water partition coefficient (Wildman–Crippen LogP) is 2.82. The monoisotopic (exact) mass is 326 g/mol. The number of rotatable bonds is 6. The van der Waals surface area contributed by atoms with E-state index in [1.165, 1.54) is 12.1 Å². The predicted molar refractivity (Wildman–Crippen MR) is 87.2 cm³/mol. The molecule has 0 fully saturated rings. The van der Waals surface area contributed by atoms with Gasteiger partial charge in [0.05, 0.1) is 5.52 Å². The minimum Gasteiger partial charge on any atom is -0.489 e. The highest BCUT2D eigenvalue weighted by Crippen LogP contribution is 2.22. The number of nitrogens with two attached hydrogens (primary N) is 1. The number of aromatic nitrogens is 1. The van der Waals surface area contributed by atoms with Crippen LogP contribution in [0.5, 0.6) is 11.5 Å². The summed E-state index contributed by atoms with van der Waals surface area (Å²) >= 11 is 0. The summed E-state index contributed by atoms with van der Waals surface area (Å²) in [4.78, 5) is 14.9. The lowest BCUT2D eigenvalue weighted by Gasteiger charge is -2.10. The lowest BCUT2D eigenvalue weighted by atomic mass is 10.1. The number of ether oxygens (including phenoxy) is 2. The van der Waals surface area contributed by atoms with Crippen LogP contribution in [0.25, 0.3) is 10.9 Å². The Morgan fingerprint density at radius 2 is 1.79 bits per heavy atom. The zero-order chi connectivity index (χ0) is 16.9. The Balaban J connectivity index is 1.71. The zero-order valence-electron chi connectivity index (χ0n) is 12.7. The average molecular weight is 326 g/mol. The van der Waals surface area contributed by atoms with Crippen LogP contribution < -0.4 is 15.2 Å². The molecule has 24 heavy (non-hydrogen) atoms. The minimum absolute atomic E-state index is 0.179. The molecule has 2 aromatic carbocycles. The summed E-state index contributed by atoms with van der Waals surface area (Å²) in [6.45, 7) is 0.00785. The van der Waals surface area contributed by atoms with Gasteiger partial charge in [0.25, 0.3) is 5.91 Å². The molecule has 0 atom stereocenters. The molecule has 0 bridgehead atoms. The zero-order valence-corrected chi connectivity index (χ0v) is 12.7. The molecule has 5 nitrogen and oxygen atoms in total. The van der Waals surface area contributed by atoms with E-state index in [1.807, 2.05) is 0 Å². The van der Waals surface area contributed by atoms with Crippen LogP contribution in [0.2, 0.25) is 0 Å². The molecule has 0 aliphatic heterocycles. The molecule has 0 spiro atoms. The number of pyridine rings is 1. The van der Waals surface area contributed by atoms with E-state index in [1.54, 1.807) is 42.6 Å². The SMILES string of the molecule is NC(=O)COc1ccc(OCc2cc(F)cc3cccnc23)cc1. The van der Waals surface area contributed by atoms with Gasteiger partial charge in [-0.1, -0.05) is 6.07 Å².